The minimum absolute atomic E-state index is 0.0254. The second-order valence-corrected chi connectivity index (χ2v) is 6.89. The number of carbonyl (C=O) groups is 1. The van der Waals surface area contributed by atoms with E-state index in [1.807, 2.05) is 65.6 Å². The van der Waals surface area contributed by atoms with Crippen LogP contribution in [0.5, 0.6) is 5.75 Å². The van der Waals surface area contributed by atoms with E-state index in [1.165, 1.54) is 5.56 Å². The Balaban J connectivity index is 1.51. The number of rotatable bonds is 4. The molecule has 0 saturated carbocycles. The summed E-state index contributed by atoms with van der Waals surface area (Å²) in [5.74, 6) is 0.746. The molecule has 1 aliphatic rings. The van der Waals surface area contributed by atoms with Crippen LogP contribution in [0.2, 0.25) is 0 Å². The number of carbonyl (C=O) groups excluding carboxylic acids is 1. The fourth-order valence-electron chi connectivity index (χ4n) is 3.39. The fraction of sp³-hybridized carbons (Fsp3) is 0.160. The van der Waals surface area contributed by atoms with Crippen LogP contribution >= 0.6 is 0 Å². The van der Waals surface area contributed by atoms with Crippen molar-refractivity contribution in [2.45, 2.75) is 19.4 Å². The van der Waals surface area contributed by atoms with Crippen LogP contribution in [0.3, 0.4) is 0 Å². The van der Waals surface area contributed by atoms with Gasteiger partial charge in [-0.3, -0.25) is 4.79 Å². The second-order valence-electron chi connectivity index (χ2n) is 6.89. The first kappa shape index (κ1) is 18.1. The molecule has 3 nitrogen and oxygen atoms in total. The van der Waals surface area contributed by atoms with E-state index in [2.05, 4.69) is 31.2 Å². The lowest BCUT2D eigenvalue weighted by molar-refractivity contribution is -0.114. The average molecular weight is 369 g/mol. The lowest BCUT2D eigenvalue weighted by Crippen LogP contribution is -2.42. The van der Waals surface area contributed by atoms with E-state index in [1.54, 1.807) is 6.08 Å². The normalized spacial score (nSPS) is 15.9. The largest absolute Gasteiger partial charge is 0.486 e. The van der Waals surface area contributed by atoms with E-state index in [4.69, 9.17) is 4.74 Å². The average Bonchev–Trinajstić information content (AvgIpc) is 2.77. The molecule has 1 heterocycles. The summed E-state index contributed by atoms with van der Waals surface area (Å²) in [4.78, 5) is 14.7. The molecule has 0 fully saturated rings. The van der Waals surface area contributed by atoms with Crippen molar-refractivity contribution in [3.05, 3.63) is 90.5 Å². The number of hydrogen-bond donors (Lipinski definition) is 0. The Labute approximate surface area is 165 Å². The van der Waals surface area contributed by atoms with Crippen molar-refractivity contribution in [1.82, 2.24) is 0 Å². The van der Waals surface area contributed by atoms with Gasteiger partial charge in [-0.2, -0.15) is 0 Å². The summed E-state index contributed by atoms with van der Waals surface area (Å²) in [6.45, 7) is 2.65. The van der Waals surface area contributed by atoms with Gasteiger partial charge in [0, 0.05) is 6.08 Å². The van der Waals surface area contributed by atoms with Crippen LogP contribution in [-0.2, 0) is 4.79 Å². The molecule has 28 heavy (non-hydrogen) atoms. The Morgan fingerprint density at radius 3 is 2.39 bits per heavy atom. The quantitative estimate of drug-likeness (QED) is 0.563. The molecule has 140 valence electrons. The molecule has 3 aromatic rings. The highest BCUT2D eigenvalue weighted by molar-refractivity contribution is 6.05. The van der Waals surface area contributed by atoms with E-state index in [-0.39, 0.29) is 12.0 Å². The minimum atomic E-state index is -0.0265. The van der Waals surface area contributed by atoms with Crippen LogP contribution in [-0.4, -0.2) is 18.6 Å². The second kappa shape index (κ2) is 8.13. The lowest BCUT2D eigenvalue weighted by atomic mass is 10.0. The van der Waals surface area contributed by atoms with Gasteiger partial charge in [0.25, 0.3) is 5.91 Å². The number of benzene rings is 3. The Bertz CT molecular complexity index is 977. The first-order valence-corrected chi connectivity index (χ1v) is 9.65. The molecular formula is C25H23NO2. The summed E-state index contributed by atoms with van der Waals surface area (Å²) in [7, 11) is 0. The number of amides is 1. The van der Waals surface area contributed by atoms with Gasteiger partial charge < -0.3 is 9.64 Å². The van der Waals surface area contributed by atoms with E-state index < -0.39 is 0 Å². The van der Waals surface area contributed by atoms with E-state index in [9.17, 15) is 4.79 Å². The van der Waals surface area contributed by atoms with Crippen molar-refractivity contribution in [2.75, 3.05) is 11.4 Å². The SMILES string of the molecule is CCC1CN(C(=O)/C=C/c2ccc(-c3ccccc3)cc2)c2ccccc2O1. The summed E-state index contributed by atoms with van der Waals surface area (Å²) in [5.41, 5.74) is 4.18. The topological polar surface area (TPSA) is 29.5 Å². The number of fused-ring (bicyclic) bond motifs is 1. The molecule has 3 heteroatoms. The molecule has 4 rings (SSSR count). The van der Waals surface area contributed by atoms with E-state index in [0.29, 0.717) is 6.54 Å². The number of anilines is 1. The summed E-state index contributed by atoms with van der Waals surface area (Å²) in [6.07, 6.45) is 4.41. The summed E-state index contributed by atoms with van der Waals surface area (Å²) in [6, 6.07) is 26.2. The predicted octanol–water partition coefficient (Wildman–Crippen LogP) is 5.57. The monoisotopic (exact) mass is 369 g/mol. The number of nitrogens with zero attached hydrogens (tertiary/aromatic N) is 1. The molecule has 1 atom stereocenters. The lowest BCUT2D eigenvalue weighted by Gasteiger charge is -2.34. The van der Waals surface area contributed by atoms with Crippen molar-refractivity contribution in [2.24, 2.45) is 0 Å². The molecule has 0 aliphatic carbocycles. The highest BCUT2D eigenvalue weighted by Crippen LogP contribution is 2.34. The van der Waals surface area contributed by atoms with Gasteiger partial charge in [-0.1, -0.05) is 73.7 Å². The van der Waals surface area contributed by atoms with Gasteiger partial charge >= 0.3 is 0 Å². The molecule has 1 unspecified atom stereocenters. The molecule has 3 aromatic carbocycles. The predicted molar refractivity (Wildman–Crippen MR) is 114 cm³/mol. The maximum atomic E-state index is 12.9. The van der Waals surface area contributed by atoms with Crippen molar-refractivity contribution in [3.8, 4) is 16.9 Å². The van der Waals surface area contributed by atoms with Crippen LogP contribution in [0, 0.1) is 0 Å². The van der Waals surface area contributed by atoms with Gasteiger partial charge in [0.1, 0.15) is 11.9 Å². The Hall–Kier alpha value is -3.33. The maximum Gasteiger partial charge on any atom is 0.251 e. The number of para-hydroxylation sites is 2. The maximum absolute atomic E-state index is 12.9. The van der Waals surface area contributed by atoms with Crippen molar-refractivity contribution in [1.29, 1.82) is 0 Å². The van der Waals surface area contributed by atoms with Crippen LogP contribution in [0.15, 0.2) is 84.9 Å². The molecule has 0 aromatic heterocycles. The summed E-state index contributed by atoms with van der Waals surface area (Å²) in [5, 5.41) is 0. The van der Waals surface area contributed by atoms with Gasteiger partial charge in [0.15, 0.2) is 0 Å². The fourth-order valence-corrected chi connectivity index (χ4v) is 3.39. The zero-order valence-electron chi connectivity index (χ0n) is 15.9. The third-order valence-corrected chi connectivity index (χ3v) is 4.99. The van der Waals surface area contributed by atoms with Gasteiger partial charge in [0.05, 0.1) is 12.2 Å². The van der Waals surface area contributed by atoms with Gasteiger partial charge in [0.2, 0.25) is 0 Å². The molecule has 1 aliphatic heterocycles. The Kier molecular flexibility index (Phi) is 5.24. The molecule has 0 bridgehead atoms. The molecule has 0 spiro atoms. The van der Waals surface area contributed by atoms with Crippen LogP contribution in [0.1, 0.15) is 18.9 Å². The number of hydrogen-bond acceptors (Lipinski definition) is 2. The van der Waals surface area contributed by atoms with Crippen LogP contribution in [0.25, 0.3) is 17.2 Å². The third kappa shape index (κ3) is 3.84. The van der Waals surface area contributed by atoms with Crippen molar-refractivity contribution in [3.63, 3.8) is 0 Å². The highest BCUT2D eigenvalue weighted by Gasteiger charge is 2.27. The van der Waals surface area contributed by atoms with Crippen molar-refractivity contribution >= 4 is 17.7 Å². The van der Waals surface area contributed by atoms with E-state index >= 15 is 0 Å². The summed E-state index contributed by atoms with van der Waals surface area (Å²) < 4.78 is 5.96. The smallest absolute Gasteiger partial charge is 0.251 e. The zero-order chi connectivity index (χ0) is 19.3. The van der Waals surface area contributed by atoms with Gasteiger partial charge in [-0.05, 0) is 41.3 Å². The Morgan fingerprint density at radius 2 is 1.64 bits per heavy atom. The molecule has 0 saturated heterocycles. The van der Waals surface area contributed by atoms with Crippen LogP contribution in [0.4, 0.5) is 5.69 Å². The molecule has 1 amide bonds. The third-order valence-electron chi connectivity index (χ3n) is 4.99. The Morgan fingerprint density at radius 1 is 0.964 bits per heavy atom. The summed E-state index contributed by atoms with van der Waals surface area (Å²) >= 11 is 0. The van der Waals surface area contributed by atoms with Crippen LogP contribution < -0.4 is 9.64 Å². The highest BCUT2D eigenvalue weighted by atomic mass is 16.5. The minimum Gasteiger partial charge on any atom is -0.486 e. The standard InChI is InChI=1S/C25H23NO2/c1-2-22-18-26(23-10-6-7-11-24(23)28-22)25(27)17-14-19-12-15-21(16-13-19)20-8-4-3-5-9-20/h3-17,22H,2,18H2,1H3/b17-14+. The van der Waals surface area contributed by atoms with Gasteiger partial charge in [-0.15, -0.1) is 0 Å². The van der Waals surface area contributed by atoms with E-state index in [0.717, 1.165) is 29.0 Å². The van der Waals surface area contributed by atoms with Gasteiger partial charge in [-0.25, -0.2) is 0 Å². The first-order valence-electron chi connectivity index (χ1n) is 9.65. The zero-order valence-corrected chi connectivity index (χ0v) is 15.9. The number of ether oxygens (including phenoxy) is 1. The molecule has 0 N–H and O–H groups in total. The molecular weight excluding hydrogens is 346 g/mol. The van der Waals surface area contributed by atoms with Crippen molar-refractivity contribution < 1.29 is 9.53 Å². The molecule has 0 radical (unpaired) electrons. The first-order chi connectivity index (χ1) is 13.7.